The molecule has 22 heavy (non-hydrogen) atoms. The summed E-state index contributed by atoms with van der Waals surface area (Å²) < 4.78 is 5.41. The van der Waals surface area contributed by atoms with E-state index in [2.05, 4.69) is 15.6 Å². The predicted molar refractivity (Wildman–Crippen MR) is 88.3 cm³/mol. The zero-order valence-electron chi connectivity index (χ0n) is 13.4. The fraction of sp³-hybridized carbons (Fsp3) is 0.294. The second-order valence-corrected chi connectivity index (χ2v) is 5.16. The van der Waals surface area contributed by atoms with Gasteiger partial charge in [-0.3, -0.25) is 9.78 Å². The summed E-state index contributed by atoms with van der Waals surface area (Å²) in [7, 11) is 1.67. The molecule has 5 heteroatoms. The van der Waals surface area contributed by atoms with Crippen LogP contribution in [0.1, 0.15) is 23.7 Å². The molecule has 1 heterocycles. The van der Waals surface area contributed by atoms with Crippen LogP contribution in [0.25, 0.3) is 0 Å². The molecule has 1 amide bonds. The molecule has 2 rings (SSSR count). The van der Waals surface area contributed by atoms with Crippen LogP contribution in [0.15, 0.2) is 30.5 Å². The molecule has 2 aromatic rings. The quantitative estimate of drug-likeness (QED) is 0.889. The molecule has 0 aliphatic heterocycles. The first kappa shape index (κ1) is 15.8. The Morgan fingerprint density at radius 2 is 1.82 bits per heavy atom. The molecule has 0 saturated carbocycles. The van der Waals surface area contributed by atoms with Gasteiger partial charge in [-0.25, -0.2) is 0 Å². The summed E-state index contributed by atoms with van der Waals surface area (Å²) in [5.41, 5.74) is 4.78. The Hall–Kier alpha value is -2.56. The van der Waals surface area contributed by atoms with Crippen LogP contribution in [0.3, 0.4) is 0 Å². The third-order valence-electron chi connectivity index (χ3n) is 3.42. The van der Waals surface area contributed by atoms with E-state index in [1.807, 2.05) is 44.3 Å². The van der Waals surface area contributed by atoms with Crippen molar-refractivity contribution in [2.75, 3.05) is 17.7 Å². The van der Waals surface area contributed by atoms with Crippen molar-refractivity contribution >= 4 is 17.3 Å². The maximum atomic E-state index is 11.0. The fourth-order valence-electron chi connectivity index (χ4n) is 2.31. The monoisotopic (exact) mass is 299 g/mol. The average Bonchev–Trinajstić information content (AvgIpc) is 2.48. The number of carbonyl (C=O) groups is 1. The highest BCUT2D eigenvalue weighted by atomic mass is 16.5. The van der Waals surface area contributed by atoms with E-state index in [0.29, 0.717) is 6.54 Å². The van der Waals surface area contributed by atoms with Crippen LogP contribution >= 0.6 is 0 Å². The Kier molecular flexibility index (Phi) is 4.99. The van der Waals surface area contributed by atoms with E-state index in [-0.39, 0.29) is 5.91 Å². The zero-order valence-corrected chi connectivity index (χ0v) is 13.4. The van der Waals surface area contributed by atoms with Crippen LogP contribution in [0.2, 0.25) is 0 Å². The number of carbonyl (C=O) groups excluding carboxylic acids is 1. The minimum absolute atomic E-state index is 0.0766. The Bertz CT molecular complexity index is 666. The number of nitrogens with zero attached hydrogens (tertiary/aromatic N) is 1. The molecule has 0 bridgehead atoms. The van der Waals surface area contributed by atoms with Gasteiger partial charge in [-0.15, -0.1) is 0 Å². The van der Waals surface area contributed by atoms with Crippen molar-refractivity contribution in [2.24, 2.45) is 0 Å². The van der Waals surface area contributed by atoms with Crippen molar-refractivity contribution in [3.8, 4) is 5.75 Å². The third-order valence-corrected chi connectivity index (χ3v) is 3.42. The number of amides is 1. The van der Waals surface area contributed by atoms with Crippen LogP contribution in [0.4, 0.5) is 11.4 Å². The minimum Gasteiger partial charge on any atom is -0.496 e. The van der Waals surface area contributed by atoms with Gasteiger partial charge in [0, 0.05) is 35.6 Å². The van der Waals surface area contributed by atoms with Gasteiger partial charge in [0.05, 0.1) is 19.3 Å². The standard InChI is InChI=1S/C17H21N3O2/c1-11-9-19-16(12(2)17(11)22-4)10-18-14-5-7-15(8-6-14)20-13(3)21/h5-9,18H,10H2,1-4H3,(H,20,21). The number of aromatic nitrogens is 1. The molecule has 116 valence electrons. The van der Waals surface area contributed by atoms with Crippen molar-refractivity contribution in [3.63, 3.8) is 0 Å². The Balaban J connectivity index is 2.05. The number of hydrogen-bond acceptors (Lipinski definition) is 4. The molecule has 2 N–H and O–H groups in total. The largest absolute Gasteiger partial charge is 0.496 e. The maximum Gasteiger partial charge on any atom is 0.221 e. The number of methoxy groups -OCH3 is 1. The molecule has 0 atom stereocenters. The van der Waals surface area contributed by atoms with Crippen LogP contribution < -0.4 is 15.4 Å². The molecule has 0 radical (unpaired) electrons. The van der Waals surface area contributed by atoms with E-state index < -0.39 is 0 Å². The second kappa shape index (κ2) is 6.93. The lowest BCUT2D eigenvalue weighted by atomic mass is 10.1. The van der Waals surface area contributed by atoms with Gasteiger partial charge < -0.3 is 15.4 Å². The van der Waals surface area contributed by atoms with Crippen molar-refractivity contribution in [2.45, 2.75) is 27.3 Å². The highest BCUT2D eigenvalue weighted by Crippen LogP contribution is 2.24. The van der Waals surface area contributed by atoms with Gasteiger partial charge in [0.2, 0.25) is 5.91 Å². The maximum absolute atomic E-state index is 11.0. The first-order valence-electron chi connectivity index (χ1n) is 7.12. The molecule has 1 aromatic heterocycles. The van der Waals surface area contributed by atoms with Crippen molar-refractivity contribution in [3.05, 3.63) is 47.3 Å². The summed E-state index contributed by atoms with van der Waals surface area (Å²) in [6.07, 6.45) is 1.82. The van der Waals surface area contributed by atoms with Gasteiger partial charge in [-0.05, 0) is 38.1 Å². The van der Waals surface area contributed by atoms with Gasteiger partial charge in [-0.2, -0.15) is 0 Å². The fourth-order valence-corrected chi connectivity index (χ4v) is 2.31. The predicted octanol–water partition coefficient (Wildman–Crippen LogP) is 3.28. The number of aryl methyl sites for hydroxylation is 1. The minimum atomic E-state index is -0.0766. The van der Waals surface area contributed by atoms with Gasteiger partial charge in [0.1, 0.15) is 5.75 Å². The van der Waals surface area contributed by atoms with Crippen LogP contribution in [0, 0.1) is 13.8 Å². The van der Waals surface area contributed by atoms with Crippen LogP contribution in [0.5, 0.6) is 5.75 Å². The number of benzene rings is 1. The first-order valence-corrected chi connectivity index (χ1v) is 7.12. The van der Waals surface area contributed by atoms with Crippen molar-refractivity contribution < 1.29 is 9.53 Å². The summed E-state index contributed by atoms with van der Waals surface area (Å²) in [5.74, 6) is 0.806. The van der Waals surface area contributed by atoms with E-state index in [4.69, 9.17) is 4.74 Å². The summed E-state index contributed by atoms with van der Waals surface area (Å²) >= 11 is 0. The van der Waals surface area contributed by atoms with E-state index in [1.54, 1.807) is 7.11 Å². The van der Waals surface area contributed by atoms with E-state index in [1.165, 1.54) is 6.92 Å². The first-order chi connectivity index (χ1) is 10.5. The summed E-state index contributed by atoms with van der Waals surface area (Å²) in [6, 6.07) is 7.57. The number of ether oxygens (including phenoxy) is 1. The second-order valence-electron chi connectivity index (χ2n) is 5.16. The number of anilines is 2. The van der Waals surface area contributed by atoms with Gasteiger partial charge in [-0.1, -0.05) is 0 Å². The van der Waals surface area contributed by atoms with Gasteiger partial charge >= 0.3 is 0 Å². The smallest absolute Gasteiger partial charge is 0.221 e. The van der Waals surface area contributed by atoms with Crippen molar-refractivity contribution in [1.82, 2.24) is 4.98 Å². The molecule has 1 aromatic carbocycles. The molecule has 0 unspecified atom stereocenters. The zero-order chi connectivity index (χ0) is 16.1. The molecule has 0 aliphatic rings. The van der Waals surface area contributed by atoms with E-state index in [9.17, 15) is 4.79 Å². The van der Waals surface area contributed by atoms with Gasteiger partial charge in [0.15, 0.2) is 0 Å². The number of rotatable bonds is 5. The summed E-state index contributed by atoms with van der Waals surface area (Å²) in [5, 5.41) is 6.06. The van der Waals surface area contributed by atoms with E-state index >= 15 is 0 Å². The number of nitrogens with one attached hydrogen (secondary N) is 2. The number of pyridine rings is 1. The van der Waals surface area contributed by atoms with Crippen molar-refractivity contribution in [1.29, 1.82) is 0 Å². The molecule has 5 nitrogen and oxygen atoms in total. The van der Waals surface area contributed by atoms with Crippen LogP contribution in [-0.4, -0.2) is 18.0 Å². The Morgan fingerprint density at radius 3 is 2.41 bits per heavy atom. The Labute approximate surface area is 130 Å². The molecule has 0 fully saturated rings. The molecule has 0 saturated heterocycles. The van der Waals surface area contributed by atoms with E-state index in [0.717, 1.165) is 33.9 Å². The van der Waals surface area contributed by atoms with Crippen LogP contribution in [-0.2, 0) is 11.3 Å². The lowest BCUT2D eigenvalue weighted by Crippen LogP contribution is -2.07. The summed E-state index contributed by atoms with van der Waals surface area (Å²) in [6.45, 7) is 6.10. The molecular formula is C17H21N3O2. The molecule has 0 spiro atoms. The lowest BCUT2D eigenvalue weighted by Gasteiger charge is -2.13. The Morgan fingerprint density at radius 1 is 1.18 bits per heavy atom. The SMILES string of the molecule is COc1c(C)cnc(CNc2ccc(NC(C)=O)cc2)c1C. The highest BCUT2D eigenvalue weighted by molar-refractivity contribution is 5.88. The topological polar surface area (TPSA) is 63.2 Å². The molecular weight excluding hydrogens is 278 g/mol. The number of hydrogen-bond donors (Lipinski definition) is 2. The highest BCUT2D eigenvalue weighted by Gasteiger charge is 2.09. The summed E-state index contributed by atoms with van der Waals surface area (Å²) in [4.78, 5) is 15.4. The third kappa shape index (κ3) is 3.75. The lowest BCUT2D eigenvalue weighted by molar-refractivity contribution is -0.114. The normalized spacial score (nSPS) is 10.2. The average molecular weight is 299 g/mol. The molecule has 0 aliphatic carbocycles. The van der Waals surface area contributed by atoms with Gasteiger partial charge in [0.25, 0.3) is 0 Å².